The van der Waals surface area contributed by atoms with Crippen molar-refractivity contribution in [2.24, 2.45) is 22.2 Å². The first-order valence-corrected chi connectivity index (χ1v) is 9.60. The highest BCUT2D eigenvalue weighted by atomic mass is 35.5. The van der Waals surface area contributed by atoms with E-state index in [1.165, 1.54) is 6.42 Å². The normalized spacial score (nSPS) is 43.1. The second-order valence-electron chi connectivity index (χ2n) is 7.78. The van der Waals surface area contributed by atoms with Gasteiger partial charge in [-0.15, -0.1) is 11.6 Å². The number of aliphatic imine (C=N–C) groups is 1. The van der Waals surface area contributed by atoms with Gasteiger partial charge in [-0.05, 0) is 78.8 Å². The minimum Gasteiger partial charge on any atom is -0.406 e. The van der Waals surface area contributed by atoms with Gasteiger partial charge in [-0.2, -0.15) is 11.3 Å². The number of thiophene rings is 1. The van der Waals surface area contributed by atoms with E-state index < -0.39 is 0 Å². The molecule has 4 aliphatic carbocycles. The van der Waals surface area contributed by atoms with Crippen LogP contribution < -0.4 is 0 Å². The van der Waals surface area contributed by atoms with Gasteiger partial charge >= 0.3 is 5.97 Å². The number of carbonyl (C=O) groups is 1. The lowest BCUT2D eigenvalue weighted by Gasteiger charge is -2.59. The van der Waals surface area contributed by atoms with Crippen molar-refractivity contribution in [3.63, 3.8) is 0 Å². The minimum absolute atomic E-state index is 0.0984. The van der Waals surface area contributed by atoms with E-state index in [0.29, 0.717) is 23.4 Å². The predicted octanol–water partition coefficient (Wildman–Crippen LogP) is 4.62. The number of rotatable bonds is 2. The third kappa shape index (κ3) is 2.22. The van der Waals surface area contributed by atoms with Crippen LogP contribution in [0.4, 0.5) is 0 Å². The van der Waals surface area contributed by atoms with Crippen LogP contribution in [0.5, 0.6) is 0 Å². The summed E-state index contributed by atoms with van der Waals surface area (Å²) >= 11 is 8.49. The summed E-state index contributed by atoms with van der Waals surface area (Å²) in [6.07, 6.45) is 8.41. The number of esters is 1. The van der Waals surface area contributed by atoms with Gasteiger partial charge in [-0.3, -0.25) is 0 Å². The molecule has 4 fully saturated rings. The van der Waals surface area contributed by atoms with Gasteiger partial charge in [0.15, 0.2) is 5.70 Å². The van der Waals surface area contributed by atoms with Crippen molar-refractivity contribution in [2.45, 2.75) is 43.4 Å². The topological polar surface area (TPSA) is 38.7 Å². The Morgan fingerprint density at radius 3 is 2.74 bits per heavy atom. The summed E-state index contributed by atoms with van der Waals surface area (Å²) < 4.78 is 5.64. The highest BCUT2D eigenvalue weighted by molar-refractivity contribution is 7.08. The number of cyclic esters (lactones) is 1. The number of nitrogens with zero attached hydrogens (tertiary/aromatic N) is 1. The fourth-order valence-electron chi connectivity index (χ4n) is 5.55. The average molecular weight is 348 g/mol. The Kier molecular flexibility index (Phi) is 2.91. The van der Waals surface area contributed by atoms with Crippen molar-refractivity contribution in [3.8, 4) is 0 Å². The van der Waals surface area contributed by atoms with Crippen LogP contribution in [0.3, 0.4) is 0 Å². The van der Waals surface area contributed by atoms with Crippen molar-refractivity contribution >= 4 is 40.9 Å². The van der Waals surface area contributed by atoms with Crippen LogP contribution in [0.15, 0.2) is 27.5 Å². The maximum Gasteiger partial charge on any atom is 0.363 e. The zero-order chi connectivity index (χ0) is 15.7. The summed E-state index contributed by atoms with van der Waals surface area (Å²) in [4.78, 5) is 16.8. The summed E-state index contributed by atoms with van der Waals surface area (Å²) in [5.41, 5.74) is 1.33. The number of halogens is 1. The molecule has 1 aromatic heterocycles. The van der Waals surface area contributed by atoms with Crippen LogP contribution in [0.2, 0.25) is 0 Å². The van der Waals surface area contributed by atoms with Crippen LogP contribution in [0.1, 0.15) is 44.1 Å². The van der Waals surface area contributed by atoms with Gasteiger partial charge < -0.3 is 4.74 Å². The highest BCUT2D eigenvalue weighted by Gasteiger charge is 2.60. The Hall–Kier alpha value is -1.13. The van der Waals surface area contributed by atoms with Crippen LogP contribution in [-0.4, -0.2) is 16.7 Å². The van der Waals surface area contributed by atoms with Gasteiger partial charge in [-0.25, -0.2) is 9.79 Å². The largest absolute Gasteiger partial charge is 0.406 e. The van der Waals surface area contributed by atoms with Crippen molar-refractivity contribution in [2.75, 3.05) is 0 Å². The van der Waals surface area contributed by atoms with E-state index in [1.807, 2.05) is 22.9 Å². The molecule has 0 radical (unpaired) electrons. The first-order valence-electron chi connectivity index (χ1n) is 8.28. The smallest absolute Gasteiger partial charge is 0.363 e. The Morgan fingerprint density at radius 1 is 1.30 bits per heavy atom. The fraction of sp³-hybridized carbons (Fsp3) is 0.556. The number of alkyl halides is 1. The molecule has 4 saturated carbocycles. The molecule has 3 nitrogen and oxygen atoms in total. The lowest BCUT2D eigenvalue weighted by molar-refractivity contribution is -0.131. The van der Waals surface area contributed by atoms with Gasteiger partial charge in [0.25, 0.3) is 0 Å². The molecule has 1 aliphatic heterocycles. The molecule has 0 amide bonds. The molecule has 4 atom stereocenters. The SMILES string of the molecule is O=C1OC(C23C[C@@H]4C[C@@H](CC(Cl)(C4)C2)C3)=N/C1=C\c1ccsc1. The molecule has 5 heteroatoms. The van der Waals surface area contributed by atoms with Crippen LogP contribution in [0.25, 0.3) is 6.08 Å². The predicted molar refractivity (Wildman–Crippen MR) is 91.5 cm³/mol. The minimum atomic E-state index is -0.314. The average Bonchev–Trinajstić information content (AvgIpc) is 3.07. The zero-order valence-electron chi connectivity index (χ0n) is 12.8. The lowest BCUT2D eigenvalue weighted by atomic mass is 9.49. The van der Waals surface area contributed by atoms with E-state index in [0.717, 1.165) is 37.7 Å². The molecular formula is C18H18ClNO2S. The lowest BCUT2D eigenvalue weighted by Crippen LogP contribution is -2.56. The zero-order valence-corrected chi connectivity index (χ0v) is 14.3. The third-order valence-electron chi connectivity index (χ3n) is 5.91. The number of hydrogen-bond donors (Lipinski definition) is 0. The number of ether oxygens (including phenoxy) is 1. The van der Waals surface area contributed by atoms with Crippen LogP contribution in [0, 0.1) is 17.3 Å². The van der Waals surface area contributed by atoms with Crippen molar-refractivity contribution in [1.29, 1.82) is 0 Å². The Morgan fingerprint density at radius 2 is 2.09 bits per heavy atom. The molecule has 23 heavy (non-hydrogen) atoms. The Balaban J connectivity index is 1.51. The molecule has 0 aromatic carbocycles. The molecule has 5 aliphatic rings. The van der Waals surface area contributed by atoms with Crippen LogP contribution in [-0.2, 0) is 9.53 Å². The first kappa shape index (κ1) is 14.2. The standard InChI is InChI=1S/C18H18ClNO2S/c19-18-7-12-3-13(8-18)6-17(5-12,10-18)16-20-14(15(21)22-16)4-11-1-2-23-9-11/h1-2,4,9,12-13H,3,5-8,10H2/b14-4-/t12-,13+,17?,18?. The molecule has 0 N–H and O–H groups in total. The van der Waals surface area contributed by atoms with Crippen molar-refractivity contribution < 1.29 is 9.53 Å². The quantitative estimate of drug-likeness (QED) is 0.444. The Labute approximate surface area is 144 Å². The van der Waals surface area contributed by atoms with Crippen molar-refractivity contribution in [1.82, 2.24) is 0 Å². The summed E-state index contributed by atoms with van der Waals surface area (Å²) in [6.45, 7) is 0. The Bertz CT molecular complexity index is 722. The van der Waals surface area contributed by atoms with Gasteiger partial charge in [0, 0.05) is 10.3 Å². The van der Waals surface area contributed by atoms with Gasteiger partial charge in [-0.1, -0.05) is 0 Å². The number of carbonyl (C=O) groups excluding carboxylic acids is 1. The number of hydrogen-bond acceptors (Lipinski definition) is 4. The summed E-state index contributed by atoms with van der Waals surface area (Å²) in [6, 6.07) is 1.98. The first-order chi connectivity index (χ1) is 11.0. The van der Waals surface area contributed by atoms with E-state index in [-0.39, 0.29) is 16.3 Å². The molecule has 2 heterocycles. The molecule has 1 aromatic rings. The van der Waals surface area contributed by atoms with Gasteiger partial charge in [0.05, 0.1) is 0 Å². The van der Waals surface area contributed by atoms with Crippen LogP contribution >= 0.6 is 22.9 Å². The monoisotopic (exact) mass is 347 g/mol. The molecule has 0 spiro atoms. The summed E-state index contributed by atoms with van der Waals surface area (Å²) in [7, 11) is 0. The molecule has 120 valence electrons. The van der Waals surface area contributed by atoms with E-state index in [9.17, 15) is 4.79 Å². The summed E-state index contributed by atoms with van der Waals surface area (Å²) in [5, 5.41) is 4.00. The second-order valence-corrected chi connectivity index (χ2v) is 9.37. The molecule has 6 rings (SSSR count). The maximum atomic E-state index is 12.2. The maximum absolute atomic E-state index is 12.2. The highest BCUT2D eigenvalue weighted by Crippen LogP contribution is 2.64. The molecule has 2 unspecified atom stereocenters. The van der Waals surface area contributed by atoms with Crippen molar-refractivity contribution in [3.05, 3.63) is 28.1 Å². The summed E-state index contributed by atoms with van der Waals surface area (Å²) in [5.74, 6) is 1.66. The second kappa shape index (κ2) is 4.70. The van der Waals surface area contributed by atoms with E-state index >= 15 is 0 Å². The molecule has 0 saturated heterocycles. The van der Waals surface area contributed by atoms with Gasteiger partial charge in [0.1, 0.15) is 0 Å². The molecular weight excluding hydrogens is 330 g/mol. The van der Waals surface area contributed by atoms with E-state index in [4.69, 9.17) is 16.3 Å². The molecule has 4 bridgehead atoms. The third-order valence-corrected chi connectivity index (χ3v) is 7.05. The van der Waals surface area contributed by atoms with Gasteiger partial charge in [0.2, 0.25) is 5.90 Å². The van der Waals surface area contributed by atoms with E-state index in [1.54, 1.807) is 11.3 Å². The van der Waals surface area contributed by atoms with E-state index in [2.05, 4.69) is 4.99 Å². The fourth-order valence-corrected chi connectivity index (χ4v) is 6.86.